The van der Waals surface area contributed by atoms with E-state index in [2.05, 4.69) is 30.7 Å². The van der Waals surface area contributed by atoms with Crippen LogP contribution in [0.4, 0.5) is 11.6 Å². The van der Waals surface area contributed by atoms with Gasteiger partial charge >= 0.3 is 0 Å². The molecule has 8 nitrogen and oxygen atoms in total. The maximum atomic E-state index is 12.5. The molecule has 2 aliphatic rings. The fourth-order valence-corrected chi connectivity index (χ4v) is 3.32. The van der Waals surface area contributed by atoms with Gasteiger partial charge in [0, 0.05) is 43.0 Å². The maximum Gasteiger partial charge on any atom is 0.251 e. The Bertz CT molecular complexity index is 824. The van der Waals surface area contributed by atoms with E-state index in [0.717, 1.165) is 38.0 Å². The molecule has 2 aromatic rings. The van der Waals surface area contributed by atoms with Gasteiger partial charge in [0.1, 0.15) is 5.82 Å². The number of carbonyl (C=O) groups is 2. The Labute approximate surface area is 157 Å². The number of nitrogens with one attached hydrogen (secondary N) is 2. The molecule has 3 heterocycles. The van der Waals surface area contributed by atoms with E-state index in [-0.39, 0.29) is 23.8 Å². The molecule has 1 saturated heterocycles. The van der Waals surface area contributed by atoms with Crippen molar-refractivity contribution in [3.8, 4) is 0 Å². The van der Waals surface area contributed by atoms with Crippen LogP contribution in [0.1, 0.15) is 36.0 Å². The summed E-state index contributed by atoms with van der Waals surface area (Å²) in [5.74, 6) is 1.15. The monoisotopic (exact) mass is 366 g/mol. The van der Waals surface area contributed by atoms with E-state index in [0.29, 0.717) is 17.9 Å². The number of aromatic nitrogens is 3. The number of pyridine rings is 1. The molecule has 0 radical (unpaired) electrons. The van der Waals surface area contributed by atoms with E-state index < -0.39 is 0 Å². The van der Waals surface area contributed by atoms with Gasteiger partial charge in [0.25, 0.3) is 5.91 Å². The molecule has 0 aromatic carbocycles. The zero-order valence-corrected chi connectivity index (χ0v) is 15.0. The van der Waals surface area contributed by atoms with Crippen LogP contribution in [0.15, 0.2) is 36.7 Å². The number of nitrogens with zero attached hydrogens (tertiary/aromatic N) is 4. The topological polar surface area (TPSA) is 100 Å². The Hall–Kier alpha value is -3.03. The third kappa shape index (κ3) is 4.21. The molecule has 1 aliphatic heterocycles. The van der Waals surface area contributed by atoms with Crippen molar-refractivity contribution >= 4 is 23.5 Å². The number of carbonyl (C=O) groups excluding carboxylic acids is 2. The predicted octanol–water partition coefficient (Wildman–Crippen LogP) is 1.62. The second-order valence-corrected chi connectivity index (χ2v) is 6.97. The van der Waals surface area contributed by atoms with Crippen LogP contribution < -0.4 is 15.5 Å². The van der Waals surface area contributed by atoms with Crippen LogP contribution in [0.3, 0.4) is 0 Å². The third-order valence-corrected chi connectivity index (χ3v) is 4.95. The molecule has 140 valence electrons. The lowest BCUT2D eigenvalue weighted by Crippen LogP contribution is -2.40. The van der Waals surface area contributed by atoms with Crippen LogP contribution in [-0.4, -0.2) is 46.1 Å². The molecule has 8 heteroatoms. The van der Waals surface area contributed by atoms with Gasteiger partial charge in [-0.2, -0.15) is 5.10 Å². The summed E-state index contributed by atoms with van der Waals surface area (Å²) in [7, 11) is 0. The van der Waals surface area contributed by atoms with Crippen LogP contribution in [0.2, 0.25) is 0 Å². The molecule has 2 amide bonds. The Morgan fingerprint density at radius 1 is 1.19 bits per heavy atom. The van der Waals surface area contributed by atoms with Crippen molar-refractivity contribution in [1.29, 1.82) is 0 Å². The van der Waals surface area contributed by atoms with Crippen molar-refractivity contribution in [3.63, 3.8) is 0 Å². The Kier molecular flexibility index (Phi) is 4.95. The highest BCUT2D eigenvalue weighted by molar-refractivity contribution is 5.97. The number of anilines is 2. The SMILES string of the molecule is O=C(NCC1CCCN1c1cccnn1)c1ccnc(NC(=O)C2CC2)c1. The maximum absolute atomic E-state index is 12.5. The van der Waals surface area contributed by atoms with Crippen LogP contribution in [0.25, 0.3) is 0 Å². The van der Waals surface area contributed by atoms with Crippen LogP contribution in [-0.2, 0) is 4.79 Å². The van der Waals surface area contributed by atoms with E-state index in [9.17, 15) is 9.59 Å². The van der Waals surface area contributed by atoms with Gasteiger partial charge in [0.15, 0.2) is 5.82 Å². The van der Waals surface area contributed by atoms with E-state index in [1.165, 1.54) is 0 Å². The quantitative estimate of drug-likeness (QED) is 0.806. The lowest BCUT2D eigenvalue weighted by molar-refractivity contribution is -0.117. The second kappa shape index (κ2) is 7.69. The first kappa shape index (κ1) is 17.4. The highest BCUT2D eigenvalue weighted by atomic mass is 16.2. The van der Waals surface area contributed by atoms with Gasteiger partial charge in [0.2, 0.25) is 5.91 Å². The van der Waals surface area contributed by atoms with E-state index >= 15 is 0 Å². The average molecular weight is 366 g/mol. The number of hydrogen-bond donors (Lipinski definition) is 2. The predicted molar refractivity (Wildman–Crippen MR) is 100 cm³/mol. The van der Waals surface area contributed by atoms with Gasteiger partial charge in [-0.1, -0.05) is 0 Å². The molecule has 0 bridgehead atoms. The van der Waals surface area contributed by atoms with Crippen LogP contribution in [0.5, 0.6) is 0 Å². The Morgan fingerprint density at radius 3 is 2.85 bits per heavy atom. The van der Waals surface area contributed by atoms with Crippen molar-refractivity contribution in [2.75, 3.05) is 23.3 Å². The van der Waals surface area contributed by atoms with Gasteiger partial charge in [0.05, 0.1) is 0 Å². The second-order valence-electron chi connectivity index (χ2n) is 6.97. The largest absolute Gasteiger partial charge is 0.350 e. The van der Waals surface area contributed by atoms with Gasteiger partial charge in [-0.25, -0.2) is 4.98 Å². The fraction of sp³-hybridized carbons (Fsp3) is 0.421. The van der Waals surface area contributed by atoms with E-state index in [1.54, 1.807) is 24.5 Å². The first-order valence-corrected chi connectivity index (χ1v) is 9.30. The molecule has 2 aromatic heterocycles. The molecular weight excluding hydrogens is 344 g/mol. The summed E-state index contributed by atoms with van der Waals surface area (Å²) >= 11 is 0. The van der Waals surface area contributed by atoms with Gasteiger partial charge in [-0.3, -0.25) is 9.59 Å². The molecular formula is C19H22N6O2. The minimum atomic E-state index is -0.176. The molecule has 1 atom stereocenters. The third-order valence-electron chi connectivity index (χ3n) is 4.95. The van der Waals surface area contributed by atoms with Crippen molar-refractivity contribution in [3.05, 3.63) is 42.2 Å². The van der Waals surface area contributed by atoms with Gasteiger partial charge in [-0.15, -0.1) is 5.10 Å². The van der Waals surface area contributed by atoms with Gasteiger partial charge in [-0.05, 0) is 49.9 Å². The zero-order chi connectivity index (χ0) is 18.6. The van der Waals surface area contributed by atoms with Crippen LogP contribution in [0, 0.1) is 5.92 Å². The molecule has 1 saturated carbocycles. The number of rotatable bonds is 6. The lowest BCUT2D eigenvalue weighted by atomic mass is 10.2. The van der Waals surface area contributed by atoms with Crippen molar-refractivity contribution in [1.82, 2.24) is 20.5 Å². The fourth-order valence-electron chi connectivity index (χ4n) is 3.32. The number of hydrogen-bond acceptors (Lipinski definition) is 6. The average Bonchev–Trinajstić information content (AvgIpc) is 3.45. The molecule has 2 fully saturated rings. The summed E-state index contributed by atoms with van der Waals surface area (Å²) in [5.41, 5.74) is 0.486. The molecule has 2 N–H and O–H groups in total. The van der Waals surface area contributed by atoms with Crippen molar-refractivity contribution < 1.29 is 9.59 Å². The first-order valence-electron chi connectivity index (χ1n) is 9.30. The minimum absolute atomic E-state index is 0.0226. The normalized spacial score (nSPS) is 19.0. The summed E-state index contributed by atoms with van der Waals surface area (Å²) in [4.78, 5) is 30.7. The van der Waals surface area contributed by atoms with Gasteiger partial charge < -0.3 is 15.5 Å². The van der Waals surface area contributed by atoms with E-state index in [4.69, 9.17) is 0 Å². The minimum Gasteiger partial charge on any atom is -0.350 e. The van der Waals surface area contributed by atoms with Crippen molar-refractivity contribution in [2.24, 2.45) is 5.92 Å². The summed E-state index contributed by atoms with van der Waals surface area (Å²) in [5, 5.41) is 13.9. The summed E-state index contributed by atoms with van der Waals surface area (Å²) < 4.78 is 0. The molecule has 27 heavy (non-hydrogen) atoms. The highest BCUT2D eigenvalue weighted by Crippen LogP contribution is 2.30. The zero-order valence-electron chi connectivity index (χ0n) is 15.0. The Morgan fingerprint density at radius 2 is 2.07 bits per heavy atom. The van der Waals surface area contributed by atoms with Crippen molar-refractivity contribution in [2.45, 2.75) is 31.7 Å². The standard InChI is InChI=1S/C19H22N6O2/c26-18(14-7-9-20-16(11-14)23-19(27)13-5-6-13)21-12-15-3-2-10-25(15)17-4-1-8-22-24-17/h1,4,7-9,11,13,15H,2-3,5-6,10,12H2,(H,21,26)(H,20,23,27). The first-order chi connectivity index (χ1) is 13.2. The summed E-state index contributed by atoms with van der Waals surface area (Å²) in [6, 6.07) is 7.26. The lowest BCUT2D eigenvalue weighted by Gasteiger charge is -2.25. The van der Waals surface area contributed by atoms with Crippen LogP contribution >= 0.6 is 0 Å². The number of amides is 2. The Balaban J connectivity index is 1.35. The van der Waals surface area contributed by atoms with E-state index in [1.807, 2.05) is 12.1 Å². The molecule has 4 rings (SSSR count). The smallest absolute Gasteiger partial charge is 0.251 e. The molecule has 1 unspecified atom stereocenters. The summed E-state index contributed by atoms with van der Waals surface area (Å²) in [6.45, 7) is 1.44. The molecule has 0 spiro atoms. The summed E-state index contributed by atoms with van der Waals surface area (Å²) in [6.07, 6.45) is 7.10. The highest BCUT2D eigenvalue weighted by Gasteiger charge is 2.30. The molecule has 1 aliphatic carbocycles.